The van der Waals surface area contributed by atoms with Crippen LogP contribution in [0.1, 0.15) is 58.9 Å². The topological polar surface area (TPSA) is 44.8 Å². The van der Waals surface area contributed by atoms with Crippen LogP contribution in [0.25, 0.3) is 0 Å². The van der Waals surface area contributed by atoms with E-state index in [-0.39, 0.29) is 34.1 Å². The molecule has 1 saturated carbocycles. The number of carbonyl (C=O) groups excluding carboxylic acids is 1. The molecule has 2 heterocycles. The SMILES string of the molecule is COc1ccc(CO[C@@H]2CCC(C)(C)[C@@]34CC[C@](C)(O3)[C@H](C=O)[C@@]24C)cc1. The fraction of sp³-hybridized carbons (Fsp3) is 0.696. The first-order valence-corrected chi connectivity index (χ1v) is 10.1. The first-order chi connectivity index (χ1) is 12.7. The third kappa shape index (κ3) is 2.39. The molecule has 1 aromatic carbocycles. The zero-order chi connectivity index (χ0) is 19.5. The molecule has 1 spiro atoms. The minimum Gasteiger partial charge on any atom is -0.497 e. The van der Waals surface area contributed by atoms with Crippen LogP contribution in [0.2, 0.25) is 0 Å². The van der Waals surface area contributed by atoms with Crippen LogP contribution < -0.4 is 4.74 Å². The number of hydrogen-bond acceptors (Lipinski definition) is 4. The van der Waals surface area contributed by atoms with Gasteiger partial charge in [0, 0.05) is 5.41 Å². The van der Waals surface area contributed by atoms with E-state index in [4.69, 9.17) is 14.2 Å². The number of methoxy groups -OCH3 is 1. The van der Waals surface area contributed by atoms with Gasteiger partial charge in [0.05, 0.1) is 36.9 Å². The molecule has 148 valence electrons. The van der Waals surface area contributed by atoms with Crippen LogP contribution in [-0.4, -0.2) is 30.7 Å². The van der Waals surface area contributed by atoms with Crippen LogP contribution in [0.3, 0.4) is 0 Å². The second-order valence-corrected chi connectivity index (χ2v) is 9.71. The van der Waals surface area contributed by atoms with E-state index in [1.807, 2.05) is 24.3 Å². The Morgan fingerprint density at radius 3 is 2.44 bits per heavy atom. The van der Waals surface area contributed by atoms with E-state index in [1.54, 1.807) is 7.11 Å². The maximum atomic E-state index is 12.2. The van der Waals surface area contributed by atoms with Crippen molar-refractivity contribution in [3.05, 3.63) is 29.8 Å². The van der Waals surface area contributed by atoms with Gasteiger partial charge in [-0.05, 0) is 55.7 Å². The summed E-state index contributed by atoms with van der Waals surface area (Å²) in [5.41, 5.74) is 0.215. The van der Waals surface area contributed by atoms with E-state index < -0.39 is 0 Å². The minimum absolute atomic E-state index is 0.0185. The molecule has 0 N–H and O–H groups in total. The summed E-state index contributed by atoms with van der Waals surface area (Å²) in [5.74, 6) is 0.721. The van der Waals surface area contributed by atoms with Crippen LogP contribution in [0.4, 0.5) is 0 Å². The Labute approximate surface area is 162 Å². The molecule has 0 unspecified atom stereocenters. The number of hydrogen-bond donors (Lipinski definition) is 0. The number of rotatable bonds is 5. The predicted octanol–water partition coefficient (Wildman–Crippen LogP) is 4.54. The molecule has 2 bridgehead atoms. The zero-order valence-electron chi connectivity index (χ0n) is 17.2. The smallest absolute Gasteiger partial charge is 0.126 e. The summed E-state index contributed by atoms with van der Waals surface area (Å²) in [6.45, 7) is 9.54. The summed E-state index contributed by atoms with van der Waals surface area (Å²) in [6.07, 6.45) is 5.15. The lowest BCUT2D eigenvalue weighted by Gasteiger charge is -2.60. The average molecular weight is 373 g/mol. The van der Waals surface area contributed by atoms with Gasteiger partial charge in [0.1, 0.15) is 12.0 Å². The largest absolute Gasteiger partial charge is 0.497 e. The molecule has 1 aliphatic carbocycles. The van der Waals surface area contributed by atoms with Crippen LogP contribution in [0, 0.1) is 16.7 Å². The third-order valence-corrected chi connectivity index (χ3v) is 8.09. The quantitative estimate of drug-likeness (QED) is 0.712. The van der Waals surface area contributed by atoms with Crippen molar-refractivity contribution in [3.8, 4) is 5.75 Å². The van der Waals surface area contributed by atoms with Crippen molar-refractivity contribution in [2.75, 3.05) is 7.11 Å². The highest BCUT2D eigenvalue weighted by molar-refractivity contribution is 5.61. The van der Waals surface area contributed by atoms with Gasteiger partial charge in [-0.25, -0.2) is 0 Å². The Hall–Kier alpha value is -1.39. The second kappa shape index (κ2) is 6.05. The van der Waals surface area contributed by atoms with Crippen molar-refractivity contribution in [2.24, 2.45) is 16.7 Å². The molecule has 3 aliphatic rings. The third-order valence-electron chi connectivity index (χ3n) is 8.09. The Bertz CT molecular complexity index is 726. The predicted molar refractivity (Wildman–Crippen MR) is 104 cm³/mol. The molecular weight excluding hydrogens is 340 g/mol. The van der Waals surface area contributed by atoms with Crippen molar-refractivity contribution >= 4 is 6.29 Å². The normalized spacial score (nSPS) is 42.0. The lowest BCUT2D eigenvalue weighted by Crippen LogP contribution is -2.65. The van der Waals surface area contributed by atoms with Crippen molar-refractivity contribution in [1.82, 2.24) is 0 Å². The van der Waals surface area contributed by atoms with Crippen molar-refractivity contribution in [3.63, 3.8) is 0 Å². The molecule has 4 heteroatoms. The molecule has 4 rings (SSSR count). The van der Waals surface area contributed by atoms with Gasteiger partial charge >= 0.3 is 0 Å². The maximum absolute atomic E-state index is 12.2. The number of fused-ring (bicyclic) bond motifs is 1. The van der Waals surface area contributed by atoms with Gasteiger partial charge in [-0.2, -0.15) is 0 Å². The number of aldehydes is 1. The molecule has 0 aromatic heterocycles. The molecular formula is C23H32O4. The molecule has 2 aliphatic heterocycles. The van der Waals surface area contributed by atoms with E-state index in [2.05, 4.69) is 27.7 Å². The van der Waals surface area contributed by atoms with Crippen LogP contribution >= 0.6 is 0 Å². The highest BCUT2D eigenvalue weighted by Gasteiger charge is 2.78. The van der Waals surface area contributed by atoms with Gasteiger partial charge in [0.25, 0.3) is 0 Å². The van der Waals surface area contributed by atoms with Gasteiger partial charge in [-0.1, -0.05) is 32.9 Å². The minimum atomic E-state index is -0.361. The summed E-state index contributed by atoms with van der Waals surface area (Å²) in [4.78, 5) is 12.2. The fourth-order valence-electron chi connectivity index (χ4n) is 6.53. The molecule has 4 nitrogen and oxygen atoms in total. The van der Waals surface area contributed by atoms with Crippen molar-refractivity contribution in [1.29, 1.82) is 0 Å². The molecule has 5 atom stereocenters. The van der Waals surface area contributed by atoms with Crippen LogP contribution in [0.5, 0.6) is 5.75 Å². The lowest BCUT2D eigenvalue weighted by molar-refractivity contribution is -0.216. The lowest BCUT2D eigenvalue weighted by atomic mass is 9.45. The number of carbonyl (C=O) groups is 1. The summed E-state index contributed by atoms with van der Waals surface area (Å²) in [7, 11) is 1.67. The maximum Gasteiger partial charge on any atom is 0.126 e. The Morgan fingerprint density at radius 2 is 1.81 bits per heavy atom. The van der Waals surface area contributed by atoms with Gasteiger partial charge < -0.3 is 19.0 Å². The Kier molecular flexibility index (Phi) is 4.25. The van der Waals surface area contributed by atoms with Crippen molar-refractivity contribution in [2.45, 2.75) is 77.3 Å². The second-order valence-electron chi connectivity index (χ2n) is 9.71. The first-order valence-electron chi connectivity index (χ1n) is 10.1. The van der Waals surface area contributed by atoms with E-state index in [9.17, 15) is 4.79 Å². The highest BCUT2D eigenvalue weighted by Crippen LogP contribution is 2.73. The van der Waals surface area contributed by atoms with Crippen LogP contribution in [-0.2, 0) is 20.9 Å². The first kappa shape index (κ1) is 18.9. The van der Waals surface area contributed by atoms with Gasteiger partial charge in [-0.15, -0.1) is 0 Å². The summed E-state index contributed by atoms with van der Waals surface area (Å²) in [6, 6.07) is 8.00. The van der Waals surface area contributed by atoms with Gasteiger partial charge in [-0.3, -0.25) is 0 Å². The van der Waals surface area contributed by atoms with E-state index in [0.29, 0.717) is 6.61 Å². The highest BCUT2D eigenvalue weighted by atomic mass is 16.6. The van der Waals surface area contributed by atoms with Crippen LogP contribution in [0.15, 0.2) is 24.3 Å². The Morgan fingerprint density at radius 1 is 1.11 bits per heavy atom. The van der Waals surface area contributed by atoms with Crippen molar-refractivity contribution < 1.29 is 19.0 Å². The van der Waals surface area contributed by atoms with Gasteiger partial charge in [0.2, 0.25) is 0 Å². The molecule has 0 amide bonds. The average Bonchev–Trinajstić information content (AvgIpc) is 3.10. The molecule has 3 fully saturated rings. The molecule has 2 saturated heterocycles. The zero-order valence-corrected chi connectivity index (χ0v) is 17.2. The summed E-state index contributed by atoms with van der Waals surface area (Å²) in [5, 5.41) is 0. The van der Waals surface area contributed by atoms with Gasteiger partial charge in [0.15, 0.2) is 0 Å². The van der Waals surface area contributed by atoms with E-state index >= 15 is 0 Å². The van der Waals surface area contributed by atoms with E-state index in [0.717, 1.165) is 43.3 Å². The fourth-order valence-corrected chi connectivity index (χ4v) is 6.53. The Balaban J connectivity index is 1.63. The molecule has 1 aromatic rings. The number of benzene rings is 1. The number of ether oxygens (including phenoxy) is 3. The monoisotopic (exact) mass is 372 g/mol. The summed E-state index contributed by atoms with van der Waals surface area (Å²) >= 11 is 0. The molecule has 0 radical (unpaired) electrons. The molecule has 27 heavy (non-hydrogen) atoms. The van der Waals surface area contributed by atoms with E-state index in [1.165, 1.54) is 0 Å². The standard InChI is InChI=1S/C23H32O4/c1-20(2)11-10-19(26-15-16-6-8-17(25-5)9-7-16)22(4)18(14-24)21(3)12-13-23(20,22)27-21/h6-9,14,18-19H,10-13,15H2,1-5H3/t18-,19+,21-,22-,23+/m0/s1. The summed E-state index contributed by atoms with van der Waals surface area (Å²) < 4.78 is 18.5.